The van der Waals surface area contributed by atoms with Crippen LogP contribution in [0.2, 0.25) is 0 Å². The largest absolute Gasteiger partial charge is 0.396 e. The number of hydrogen-bond acceptors (Lipinski definition) is 4. The highest BCUT2D eigenvalue weighted by atomic mass is 32.2. The molecule has 108 valence electrons. The molecule has 6 heteroatoms. The highest BCUT2D eigenvalue weighted by Gasteiger charge is 2.42. The van der Waals surface area contributed by atoms with Crippen LogP contribution in [0.3, 0.4) is 0 Å². The smallest absolute Gasteiger partial charge is 0.215 e. The maximum absolute atomic E-state index is 12.1. The number of aliphatic hydroxyl groups is 1. The second kappa shape index (κ2) is 5.92. The Kier molecular flexibility index (Phi) is 4.43. The van der Waals surface area contributed by atoms with Gasteiger partial charge in [0, 0.05) is 13.2 Å². The number of nitrogens with zero attached hydrogens (tertiary/aromatic N) is 1. The van der Waals surface area contributed by atoms with E-state index in [9.17, 15) is 8.42 Å². The molecule has 1 aliphatic rings. The van der Waals surface area contributed by atoms with Crippen molar-refractivity contribution in [1.29, 1.82) is 5.26 Å². The second-order valence-electron chi connectivity index (χ2n) is 5.32. The molecule has 20 heavy (non-hydrogen) atoms. The molecule has 0 atom stereocenters. The molecule has 0 amide bonds. The maximum atomic E-state index is 12.1. The molecule has 0 bridgehead atoms. The first-order valence-electron chi connectivity index (χ1n) is 6.56. The van der Waals surface area contributed by atoms with Gasteiger partial charge in [-0.15, -0.1) is 0 Å². The van der Waals surface area contributed by atoms with E-state index >= 15 is 0 Å². The first-order valence-corrected chi connectivity index (χ1v) is 8.22. The zero-order valence-corrected chi connectivity index (χ0v) is 12.0. The molecule has 0 unspecified atom stereocenters. The average molecular weight is 294 g/mol. The van der Waals surface area contributed by atoms with Gasteiger partial charge in [0.2, 0.25) is 10.0 Å². The van der Waals surface area contributed by atoms with Gasteiger partial charge in [0.25, 0.3) is 0 Å². The van der Waals surface area contributed by atoms with Gasteiger partial charge in [-0.3, -0.25) is 0 Å². The molecule has 1 aromatic carbocycles. The maximum Gasteiger partial charge on any atom is 0.215 e. The lowest BCUT2D eigenvalue weighted by Crippen LogP contribution is -2.31. The molecule has 5 nitrogen and oxygen atoms in total. The van der Waals surface area contributed by atoms with Crippen molar-refractivity contribution in [2.24, 2.45) is 5.41 Å². The number of aliphatic hydroxyl groups excluding tert-OH is 1. The summed E-state index contributed by atoms with van der Waals surface area (Å²) in [4.78, 5) is 0. The number of rotatable bonds is 7. The Morgan fingerprint density at radius 3 is 2.65 bits per heavy atom. The molecule has 0 spiro atoms. The number of nitrogens with one attached hydrogen (secondary N) is 1. The van der Waals surface area contributed by atoms with Crippen molar-refractivity contribution in [2.45, 2.75) is 25.0 Å². The molecule has 0 aromatic heterocycles. The molecular formula is C14H18N2O3S. The van der Waals surface area contributed by atoms with Crippen LogP contribution in [0.4, 0.5) is 0 Å². The average Bonchev–Trinajstić information content (AvgIpc) is 3.18. The molecule has 0 saturated heterocycles. The van der Waals surface area contributed by atoms with E-state index < -0.39 is 10.0 Å². The fourth-order valence-corrected chi connectivity index (χ4v) is 3.49. The minimum atomic E-state index is -3.46. The second-order valence-corrected chi connectivity index (χ2v) is 7.13. The predicted octanol–water partition coefficient (Wildman–Crippen LogP) is 1.14. The Labute approximate surface area is 119 Å². The highest BCUT2D eigenvalue weighted by molar-refractivity contribution is 7.88. The van der Waals surface area contributed by atoms with Crippen LogP contribution in [0.25, 0.3) is 0 Å². The summed E-state index contributed by atoms with van der Waals surface area (Å²) in [7, 11) is -3.46. The van der Waals surface area contributed by atoms with E-state index in [4.69, 9.17) is 10.4 Å². The van der Waals surface area contributed by atoms with Crippen molar-refractivity contribution >= 4 is 10.0 Å². The molecule has 1 aliphatic carbocycles. The van der Waals surface area contributed by atoms with Crippen LogP contribution in [0.1, 0.15) is 30.4 Å². The number of nitriles is 1. The monoisotopic (exact) mass is 294 g/mol. The third kappa shape index (κ3) is 3.79. The standard InChI is InChI=1S/C14H18N2O3S/c15-9-12-3-1-2-4-13(12)10-20(18,19)16-11-14(5-6-14)7-8-17/h1-4,16-17H,5-8,10-11H2. The van der Waals surface area contributed by atoms with Crippen LogP contribution >= 0.6 is 0 Å². The topological polar surface area (TPSA) is 90.2 Å². The van der Waals surface area contributed by atoms with Gasteiger partial charge >= 0.3 is 0 Å². The van der Waals surface area contributed by atoms with Crippen LogP contribution in [-0.2, 0) is 15.8 Å². The Morgan fingerprint density at radius 2 is 2.05 bits per heavy atom. The van der Waals surface area contributed by atoms with Crippen molar-refractivity contribution in [3.8, 4) is 6.07 Å². The molecule has 1 fully saturated rings. The van der Waals surface area contributed by atoms with Gasteiger partial charge in [0.15, 0.2) is 0 Å². The zero-order valence-electron chi connectivity index (χ0n) is 11.2. The normalized spacial score (nSPS) is 16.6. The van der Waals surface area contributed by atoms with Gasteiger partial charge in [-0.05, 0) is 36.3 Å². The van der Waals surface area contributed by atoms with E-state index in [1.54, 1.807) is 24.3 Å². The summed E-state index contributed by atoms with van der Waals surface area (Å²) in [6.45, 7) is 0.448. The van der Waals surface area contributed by atoms with E-state index in [1.165, 1.54) is 0 Å². The number of benzene rings is 1. The van der Waals surface area contributed by atoms with Gasteiger partial charge in [-0.25, -0.2) is 13.1 Å². The molecule has 1 saturated carbocycles. The van der Waals surface area contributed by atoms with E-state index in [0.29, 0.717) is 24.1 Å². The summed E-state index contributed by atoms with van der Waals surface area (Å²) in [5.41, 5.74) is 0.834. The number of sulfonamides is 1. The molecule has 2 N–H and O–H groups in total. The minimum Gasteiger partial charge on any atom is -0.396 e. The molecular weight excluding hydrogens is 276 g/mol. The van der Waals surface area contributed by atoms with Crippen molar-refractivity contribution < 1.29 is 13.5 Å². The molecule has 0 heterocycles. The summed E-state index contributed by atoms with van der Waals surface area (Å²) in [6.07, 6.45) is 2.53. The molecule has 0 radical (unpaired) electrons. The van der Waals surface area contributed by atoms with Crippen LogP contribution in [0.15, 0.2) is 24.3 Å². The first-order chi connectivity index (χ1) is 9.50. The van der Waals surface area contributed by atoms with E-state index in [-0.39, 0.29) is 17.8 Å². The van der Waals surface area contributed by atoms with Crippen LogP contribution in [-0.4, -0.2) is 26.7 Å². The summed E-state index contributed by atoms with van der Waals surface area (Å²) in [5.74, 6) is -0.189. The lowest BCUT2D eigenvalue weighted by molar-refractivity contribution is 0.249. The van der Waals surface area contributed by atoms with Crippen LogP contribution in [0.5, 0.6) is 0 Å². The lowest BCUT2D eigenvalue weighted by atomic mass is 10.0. The Morgan fingerprint density at radius 1 is 1.35 bits per heavy atom. The van der Waals surface area contributed by atoms with Crippen molar-refractivity contribution in [3.63, 3.8) is 0 Å². The van der Waals surface area contributed by atoms with Crippen molar-refractivity contribution in [2.75, 3.05) is 13.2 Å². The van der Waals surface area contributed by atoms with Gasteiger partial charge in [-0.1, -0.05) is 18.2 Å². The van der Waals surface area contributed by atoms with Gasteiger partial charge in [0.05, 0.1) is 17.4 Å². The van der Waals surface area contributed by atoms with E-state index in [0.717, 1.165) is 12.8 Å². The fourth-order valence-electron chi connectivity index (χ4n) is 2.20. The van der Waals surface area contributed by atoms with Crippen LogP contribution in [0, 0.1) is 16.7 Å². The third-order valence-electron chi connectivity index (χ3n) is 3.75. The van der Waals surface area contributed by atoms with Gasteiger partial charge < -0.3 is 5.11 Å². The van der Waals surface area contributed by atoms with Crippen molar-refractivity contribution in [3.05, 3.63) is 35.4 Å². The Hall–Kier alpha value is -1.42. The van der Waals surface area contributed by atoms with E-state index in [1.807, 2.05) is 6.07 Å². The summed E-state index contributed by atoms with van der Waals surface area (Å²) >= 11 is 0. The Balaban J connectivity index is 1.99. The summed E-state index contributed by atoms with van der Waals surface area (Å²) in [6, 6.07) is 8.69. The number of hydrogen-bond donors (Lipinski definition) is 2. The van der Waals surface area contributed by atoms with E-state index in [2.05, 4.69) is 4.72 Å². The summed E-state index contributed by atoms with van der Waals surface area (Å²) in [5, 5.41) is 17.9. The molecule has 0 aliphatic heterocycles. The fraction of sp³-hybridized carbons (Fsp3) is 0.500. The SMILES string of the molecule is N#Cc1ccccc1CS(=O)(=O)NCC1(CCO)CC1. The minimum absolute atomic E-state index is 0.0590. The van der Waals surface area contributed by atoms with Crippen LogP contribution < -0.4 is 4.72 Å². The quantitative estimate of drug-likeness (QED) is 0.789. The Bertz CT molecular complexity index is 616. The lowest BCUT2D eigenvalue weighted by Gasteiger charge is -2.15. The summed E-state index contributed by atoms with van der Waals surface area (Å²) < 4.78 is 26.7. The molecule has 2 rings (SSSR count). The predicted molar refractivity (Wildman–Crippen MR) is 75.2 cm³/mol. The first kappa shape index (κ1) is 15.0. The highest BCUT2D eigenvalue weighted by Crippen LogP contribution is 2.48. The molecule has 1 aromatic rings. The van der Waals surface area contributed by atoms with Gasteiger partial charge in [0.1, 0.15) is 0 Å². The third-order valence-corrected chi connectivity index (χ3v) is 5.02. The zero-order chi connectivity index (χ0) is 14.6. The van der Waals surface area contributed by atoms with Gasteiger partial charge in [-0.2, -0.15) is 5.26 Å². The van der Waals surface area contributed by atoms with Crippen molar-refractivity contribution in [1.82, 2.24) is 4.72 Å².